The molecular weight excluding hydrogens is 210 g/mol. The van der Waals surface area contributed by atoms with E-state index in [2.05, 4.69) is 42.2 Å². The summed E-state index contributed by atoms with van der Waals surface area (Å²) in [4.78, 5) is 2.47. The molecule has 1 aromatic carbocycles. The third kappa shape index (κ3) is 2.00. The highest BCUT2D eigenvalue weighted by molar-refractivity contribution is 5.16. The zero-order chi connectivity index (χ0) is 11.9. The van der Waals surface area contributed by atoms with Crippen molar-refractivity contribution in [3.05, 3.63) is 35.9 Å². The van der Waals surface area contributed by atoms with E-state index in [1.165, 1.54) is 24.9 Å². The second-order valence-electron chi connectivity index (χ2n) is 5.90. The predicted molar refractivity (Wildman–Crippen MR) is 68.6 cm³/mol. The van der Waals surface area contributed by atoms with Crippen molar-refractivity contribution in [1.29, 1.82) is 0 Å². The smallest absolute Gasteiger partial charge is 0.0587 e. The van der Waals surface area contributed by atoms with E-state index in [0.717, 1.165) is 12.5 Å². The average Bonchev–Trinajstić information content (AvgIpc) is 2.82. The van der Waals surface area contributed by atoms with E-state index in [4.69, 9.17) is 0 Å². The van der Waals surface area contributed by atoms with E-state index in [1.807, 2.05) is 0 Å². The number of hydrogen-bond donors (Lipinski definition) is 1. The maximum atomic E-state index is 9.52. The molecule has 3 atom stereocenters. The SMILES string of the molecule is C[C@@H]1CC12CC(CO)N(Cc1ccccc1)C2. The van der Waals surface area contributed by atoms with Gasteiger partial charge in [-0.25, -0.2) is 0 Å². The van der Waals surface area contributed by atoms with Gasteiger partial charge in [-0.1, -0.05) is 37.3 Å². The Balaban J connectivity index is 1.70. The molecule has 1 aliphatic carbocycles. The summed E-state index contributed by atoms with van der Waals surface area (Å²) < 4.78 is 0. The summed E-state index contributed by atoms with van der Waals surface area (Å²) in [5.74, 6) is 0.859. The first-order chi connectivity index (χ1) is 8.23. The molecule has 3 rings (SSSR count). The van der Waals surface area contributed by atoms with E-state index in [1.54, 1.807) is 0 Å². The van der Waals surface area contributed by atoms with Crippen molar-refractivity contribution in [1.82, 2.24) is 4.90 Å². The second-order valence-corrected chi connectivity index (χ2v) is 5.90. The van der Waals surface area contributed by atoms with Gasteiger partial charge < -0.3 is 5.11 Å². The van der Waals surface area contributed by atoms with Crippen LogP contribution in [0, 0.1) is 11.3 Å². The fourth-order valence-electron chi connectivity index (χ4n) is 3.44. The molecule has 2 heteroatoms. The first-order valence-corrected chi connectivity index (χ1v) is 6.62. The molecule has 1 saturated heterocycles. The molecule has 0 aromatic heterocycles. The van der Waals surface area contributed by atoms with Crippen molar-refractivity contribution >= 4 is 0 Å². The van der Waals surface area contributed by atoms with Crippen LogP contribution in [0.5, 0.6) is 0 Å². The molecule has 1 N–H and O–H groups in total. The Hall–Kier alpha value is -0.860. The summed E-state index contributed by atoms with van der Waals surface area (Å²) in [5, 5.41) is 9.52. The maximum Gasteiger partial charge on any atom is 0.0587 e. The van der Waals surface area contributed by atoms with Gasteiger partial charge >= 0.3 is 0 Å². The van der Waals surface area contributed by atoms with Gasteiger partial charge in [-0.3, -0.25) is 4.90 Å². The number of benzene rings is 1. The van der Waals surface area contributed by atoms with Crippen LogP contribution in [-0.2, 0) is 6.54 Å². The van der Waals surface area contributed by atoms with E-state index in [0.29, 0.717) is 18.1 Å². The molecule has 1 heterocycles. The van der Waals surface area contributed by atoms with Gasteiger partial charge in [0.1, 0.15) is 0 Å². The van der Waals surface area contributed by atoms with Crippen LogP contribution in [0.2, 0.25) is 0 Å². The summed E-state index contributed by atoms with van der Waals surface area (Å²) in [6.45, 7) is 4.82. The van der Waals surface area contributed by atoms with Gasteiger partial charge in [0.05, 0.1) is 6.61 Å². The number of nitrogens with zero attached hydrogens (tertiary/aromatic N) is 1. The van der Waals surface area contributed by atoms with Crippen LogP contribution in [0.3, 0.4) is 0 Å². The van der Waals surface area contributed by atoms with Gasteiger partial charge in [-0.15, -0.1) is 0 Å². The highest BCUT2D eigenvalue weighted by atomic mass is 16.3. The minimum Gasteiger partial charge on any atom is -0.395 e. The van der Waals surface area contributed by atoms with Gasteiger partial charge in [-0.05, 0) is 29.7 Å². The standard InChI is InChI=1S/C15H21NO/c1-12-7-15(12)8-14(10-17)16(11-15)9-13-5-3-2-4-6-13/h2-6,12,14,17H,7-11H2,1H3/t12-,14?,15?/m1/s1. The molecule has 17 heavy (non-hydrogen) atoms. The van der Waals surface area contributed by atoms with Crippen LogP contribution < -0.4 is 0 Å². The molecule has 2 aliphatic rings. The lowest BCUT2D eigenvalue weighted by atomic mass is 10.0. The Kier molecular flexibility index (Phi) is 2.72. The number of likely N-dealkylation sites (tertiary alicyclic amines) is 1. The van der Waals surface area contributed by atoms with E-state index in [-0.39, 0.29) is 0 Å². The summed E-state index contributed by atoms with van der Waals surface area (Å²) in [5.41, 5.74) is 1.90. The molecule has 1 aliphatic heterocycles. The minimum absolute atomic E-state index is 0.307. The highest BCUT2D eigenvalue weighted by Gasteiger charge is 2.57. The van der Waals surface area contributed by atoms with Crippen molar-refractivity contribution in [3.8, 4) is 0 Å². The molecular formula is C15H21NO. The minimum atomic E-state index is 0.307. The molecule has 2 unspecified atom stereocenters. The Bertz CT molecular complexity index is 391. The molecule has 0 bridgehead atoms. The Morgan fingerprint density at radius 3 is 2.59 bits per heavy atom. The third-order valence-electron chi connectivity index (χ3n) is 4.71. The van der Waals surface area contributed by atoms with Gasteiger partial charge in [0, 0.05) is 19.1 Å². The molecule has 2 fully saturated rings. The first kappa shape index (κ1) is 11.2. The quantitative estimate of drug-likeness (QED) is 0.862. The van der Waals surface area contributed by atoms with Crippen molar-refractivity contribution in [2.75, 3.05) is 13.2 Å². The van der Waals surface area contributed by atoms with Crippen LogP contribution in [0.25, 0.3) is 0 Å². The zero-order valence-electron chi connectivity index (χ0n) is 10.5. The fourth-order valence-corrected chi connectivity index (χ4v) is 3.44. The van der Waals surface area contributed by atoms with E-state index >= 15 is 0 Å². The Labute approximate surface area is 103 Å². The van der Waals surface area contributed by atoms with Crippen molar-refractivity contribution < 1.29 is 5.11 Å². The van der Waals surface area contributed by atoms with Crippen LogP contribution in [0.15, 0.2) is 30.3 Å². The van der Waals surface area contributed by atoms with Crippen molar-refractivity contribution in [2.45, 2.75) is 32.4 Å². The van der Waals surface area contributed by atoms with E-state index in [9.17, 15) is 5.11 Å². The molecule has 1 saturated carbocycles. The maximum absolute atomic E-state index is 9.52. The summed E-state index contributed by atoms with van der Waals surface area (Å²) in [6.07, 6.45) is 2.55. The third-order valence-corrected chi connectivity index (χ3v) is 4.71. The zero-order valence-corrected chi connectivity index (χ0v) is 10.5. The largest absolute Gasteiger partial charge is 0.395 e. The highest BCUT2D eigenvalue weighted by Crippen LogP contribution is 2.59. The Morgan fingerprint density at radius 2 is 2.00 bits per heavy atom. The molecule has 1 aromatic rings. The van der Waals surface area contributed by atoms with E-state index < -0.39 is 0 Å². The molecule has 2 nitrogen and oxygen atoms in total. The lowest BCUT2D eigenvalue weighted by Gasteiger charge is -2.22. The second kappa shape index (κ2) is 4.11. The summed E-state index contributed by atoms with van der Waals surface area (Å²) in [7, 11) is 0. The van der Waals surface area contributed by atoms with Crippen LogP contribution >= 0.6 is 0 Å². The van der Waals surface area contributed by atoms with Crippen LogP contribution in [-0.4, -0.2) is 29.2 Å². The van der Waals surface area contributed by atoms with Crippen molar-refractivity contribution in [2.24, 2.45) is 11.3 Å². The van der Waals surface area contributed by atoms with Gasteiger partial charge in [0.2, 0.25) is 0 Å². The first-order valence-electron chi connectivity index (χ1n) is 6.62. The number of hydrogen-bond acceptors (Lipinski definition) is 2. The number of aliphatic hydroxyl groups excluding tert-OH is 1. The Morgan fingerprint density at radius 1 is 1.29 bits per heavy atom. The predicted octanol–water partition coefficient (Wildman–Crippen LogP) is 2.28. The van der Waals surface area contributed by atoms with Gasteiger partial charge in [-0.2, -0.15) is 0 Å². The molecule has 1 spiro atoms. The molecule has 0 radical (unpaired) electrons. The summed E-state index contributed by atoms with van der Waals surface area (Å²) >= 11 is 0. The van der Waals surface area contributed by atoms with Crippen LogP contribution in [0.1, 0.15) is 25.3 Å². The topological polar surface area (TPSA) is 23.5 Å². The fraction of sp³-hybridized carbons (Fsp3) is 0.600. The normalized spacial score (nSPS) is 36.6. The van der Waals surface area contributed by atoms with Crippen molar-refractivity contribution in [3.63, 3.8) is 0 Å². The van der Waals surface area contributed by atoms with Gasteiger partial charge in [0.25, 0.3) is 0 Å². The summed E-state index contributed by atoms with van der Waals surface area (Å²) in [6, 6.07) is 11.0. The lowest BCUT2D eigenvalue weighted by molar-refractivity contribution is 0.153. The van der Waals surface area contributed by atoms with Gasteiger partial charge in [0.15, 0.2) is 0 Å². The van der Waals surface area contributed by atoms with Crippen LogP contribution in [0.4, 0.5) is 0 Å². The number of aliphatic hydroxyl groups is 1. The number of rotatable bonds is 3. The molecule has 92 valence electrons. The molecule has 0 amide bonds. The lowest BCUT2D eigenvalue weighted by Crippen LogP contribution is -2.31. The monoisotopic (exact) mass is 231 g/mol. The average molecular weight is 231 g/mol.